The Bertz CT molecular complexity index is 1020. The number of nitrogens with two attached hydrogens (primary N) is 2. The molecule has 0 saturated heterocycles. The number of hydrogen-bond acceptors (Lipinski definition) is 8. The van der Waals surface area contributed by atoms with Crippen LogP contribution in [-0.2, 0) is 13.0 Å². The lowest BCUT2D eigenvalue weighted by atomic mass is 9.98. The van der Waals surface area contributed by atoms with Crippen LogP contribution in [0.25, 0.3) is 11.3 Å². The number of fused-ring (bicyclic) bond motifs is 1. The molecule has 2 aromatic heterocycles. The van der Waals surface area contributed by atoms with E-state index >= 15 is 0 Å². The van der Waals surface area contributed by atoms with E-state index in [9.17, 15) is 0 Å². The van der Waals surface area contributed by atoms with Crippen LogP contribution in [0.15, 0.2) is 34.9 Å². The van der Waals surface area contributed by atoms with Gasteiger partial charge in [-0.2, -0.15) is 9.97 Å². The molecule has 0 amide bonds. The molecule has 8 heteroatoms. The molecule has 8 nitrogen and oxygen atoms in total. The van der Waals surface area contributed by atoms with Crippen LogP contribution in [0.2, 0.25) is 0 Å². The zero-order valence-electron chi connectivity index (χ0n) is 17.0. The summed E-state index contributed by atoms with van der Waals surface area (Å²) in [6, 6.07) is 10.1. The average molecular weight is 394 g/mol. The molecule has 0 unspecified atom stereocenters. The van der Waals surface area contributed by atoms with E-state index in [4.69, 9.17) is 20.7 Å². The minimum atomic E-state index is -0.465. The molecule has 0 fully saturated rings. The molecule has 0 saturated carbocycles. The quantitative estimate of drug-likeness (QED) is 0.655. The Morgan fingerprint density at radius 2 is 1.93 bits per heavy atom. The third kappa shape index (κ3) is 3.75. The summed E-state index contributed by atoms with van der Waals surface area (Å²) in [6.07, 6.45) is 0.638. The Labute approximate surface area is 169 Å². The third-order valence-electron chi connectivity index (χ3n) is 5.33. The second-order valence-electron chi connectivity index (χ2n) is 7.71. The summed E-state index contributed by atoms with van der Waals surface area (Å²) >= 11 is 0. The number of rotatable bonds is 6. The van der Waals surface area contributed by atoms with Gasteiger partial charge in [0.25, 0.3) is 0 Å². The van der Waals surface area contributed by atoms with Gasteiger partial charge in [-0.15, -0.1) is 0 Å². The molecule has 1 atom stereocenters. The number of ether oxygens (including phenoxy) is 1. The zero-order chi connectivity index (χ0) is 20.6. The predicted octanol–water partition coefficient (Wildman–Crippen LogP) is 2.82. The van der Waals surface area contributed by atoms with Crippen LogP contribution in [0.3, 0.4) is 0 Å². The highest BCUT2D eigenvalue weighted by Gasteiger charge is 2.39. The molecule has 4 N–H and O–H groups in total. The standard InChI is InChI=1S/C21H26N6O2/c1-4-27(11-16-13(2)29-26-17(16)14-8-6-5-7-9-14)12-21(3)10-15-18(22)24-20(23)25-19(15)28-21/h5-9H,4,10-12H2,1-3H3,(H4,22,23,24,25)/t21-/m1/s1. The molecule has 3 heterocycles. The van der Waals surface area contributed by atoms with E-state index in [1.807, 2.05) is 37.3 Å². The van der Waals surface area contributed by atoms with E-state index in [0.717, 1.165) is 34.7 Å². The third-order valence-corrected chi connectivity index (χ3v) is 5.33. The van der Waals surface area contributed by atoms with Crippen molar-refractivity contribution in [1.82, 2.24) is 20.0 Å². The van der Waals surface area contributed by atoms with Gasteiger partial charge in [-0.3, -0.25) is 4.90 Å². The van der Waals surface area contributed by atoms with Crippen LogP contribution in [0.1, 0.15) is 30.7 Å². The topological polar surface area (TPSA) is 116 Å². The van der Waals surface area contributed by atoms with Crippen molar-refractivity contribution in [2.45, 2.75) is 39.3 Å². The fraction of sp³-hybridized carbons (Fsp3) is 0.381. The van der Waals surface area contributed by atoms with Crippen LogP contribution in [0.5, 0.6) is 5.88 Å². The summed E-state index contributed by atoms with van der Waals surface area (Å²) in [4.78, 5) is 10.6. The summed E-state index contributed by atoms with van der Waals surface area (Å²) in [5.74, 6) is 1.83. The summed E-state index contributed by atoms with van der Waals surface area (Å²) < 4.78 is 11.7. The lowest BCUT2D eigenvalue weighted by Crippen LogP contribution is -2.44. The Morgan fingerprint density at radius 1 is 1.17 bits per heavy atom. The van der Waals surface area contributed by atoms with Crippen LogP contribution in [-0.4, -0.2) is 38.7 Å². The van der Waals surface area contributed by atoms with E-state index in [1.165, 1.54) is 0 Å². The number of nitrogen functional groups attached to an aromatic ring is 2. The van der Waals surface area contributed by atoms with Crippen LogP contribution in [0.4, 0.5) is 11.8 Å². The molecular formula is C21H26N6O2. The molecule has 1 aliphatic rings. The highest BCUT2D eigenvalue weighted by Crippen LogP contribution is 2.37. The number of benzene rings is 1. The molecule has 0 aliphatic carbocycles. The maximum atomic E-state index is 6.16. The SMILES string of the molecule is CCN(Cc1c(-c2ccccc2)noc1C)C[C@@]1(C)Cc2c(N)nc(N)nc2O1. The van der Waals surface area contributed by atoms with E-state index in [0.29, 0.717) is 31.2 Å². The Kier molecular flexibility index (Phi) is 4.87. The first kappa shape index (κ1) is 19.2. The van der Waals surface area contributed by atoms with Gasteiger partial charge in [0.05, 0.1) is 5.56 Å². The van der Waals surface area contributed by atoms with Gasteiger partial charge in [-0.25, -0.2) is 0 Å². The molecule has 4 rings (SSSR count). The van der Waals surface area contributed by atoms with Crippen molar-refractivity contribution in [3.05, 3.63) is 47.2 Å². The summed E-state index contributed by atoms with van der Waals surface area (Å²) in [5, 5.41) is 4.29. The smallest absolute Gasteiger partial charge is 0.225 e. The van der Waals surface area contributed by atoms with Gasteiger partial charge in [0, 0.05) is 30.6 Å². The Balaban J connectivity index is 1.55. The second-order valence-corrected chi connectivity index (χ2v) is 7.71. The Morgan fingerprint density at radius 3 is 2.66 bits per heavy atom. The van der Waals surface area contributed by atoms with E-state index in [2.05, 4.69) is 33.9 Å². The monoisotopic (exact) mass is 394 g/mol. The molecule has 1 aromatic carbocycles. The van der Waals surface area contributed by atoms with Crippen LogP contribution < -0.4 is 16.2 Å². The minimum absolute atomic E-state index is 0.130. The largest absolute Gasteiger partial charge is 0.469 e. The lowest BCUT2D eigenvalue weighted by molar-refractivity contribution is 0.0590. The fourth-order valence-electron chi connectivity index (χ4n) is 3.86. The van der Waals surface area contributed by atoms with Crippen LogP contribution >= 0.6 is 0 Å². The number of anilines is 2. The molecule has 3 aromatic rings. The predicted molar refractivity (Wildman–Crippen MR) is 111 cm³/mol. The summed E-state index contributed by atoms with van der Waals surface area (Å²) in [5.41, 5.74) is 15.1. The molecule has 0 bridgehead atoms. The van der Waals surface area contributed by atoms with Crippen molar-refractivity contribution in [3.63, 3.8) is 0 Å². The van der Waals surface area contributed by atoms with Gasteiger partial charge in [0.1, 0.15) is 22.9 Å². The molecule has 0 spiro atoms. The first-order valence-electron chi connectivity index (χ1n) is 9.72. The summed E-state index contributed by atoms with van der Waals surface area (Å²) in [7, 11) is 0. The first-order chi connectivity index (χ1) is 13.9. The van der Waals surface area contributed by atoms with Gasteiger partial charge < -0.3 is 20.7 Å². The average Bonchev–Trinajstić information content (AvgIpc) is 3.22. The number of likely N-dealkylation sites (N-methyl/N-ethyl adjacent to an activating group) is 1. The number of aryl methyl sites for hydroxylation is 1. The van der Waals surface area contributed by atoms with Gasteiger partial charge in [0.2, 0.25) is 11.8 Å². The zero-order valence-corrected chi connectivity index (χ0v) is 17.0. The van der Waals surface area contributed by atoms with Gasteiger partial charge in [0.15, 0.2) is 0 Å². The summed E-state index contributed by atoms with van der Waals surface area (Å²) in [6.45, 7) is 8.38. The van der Waals surface area contributed by atoms with E-state index < -0.39 is 5.60 Å². The molecule has 0 radical (unpaired) electrons. The fourth-order valence-corrected chi connectivity index (χ4v) is 3.86. The highest BCUT2D eigenvalue weighted by molar-refractivity contribution is 5.63. The molecule has 1 aliphatic heterocycles. The minimum Gasteiger partial charge on any atom is -0.469 e. The van der Waals surface area contributed by atoms with Crippen molar-refractivity contribution < 1.29 is 9.26 Å². The van der Waals surface area contributed by atoms with Crippen molar-refractivity contribution >= 4 is 11.8 Å². The second kappa shape index (κ2) is 7.36. The lowest BCUT2D eigenvalue weighted by Gasteiger charge is -2.31. The van der Waals surface area contributed by atoms with Crippen molar-refractivity contribution in [1.29, 1.82) is 0 Å². The maximum absolute atomic E-state index is 6.16. The number of hydrogen-bond donors (Lipinski definition) is 2. The highest BCUT2D eigenvalue weighted by atomic mass is 16.5. The molecular weight excluding hydrogens is 368 g/mol. The number of aromatic nitrogens is 3. The first-order valence-corrected chi connectivity index (χ1v) is 9.72. The van der Waals surface area contributed by atoms with Gasteiger partial charge >= 0.3 is 0 Å². The number of nitrogens with zero attached hydrogens (tertiary/aromatic N) is 4. The van der Waals surface area contributed by atoms with Crippen molar-refractivity contribution in [3.8, 4) is 17.1 Å². The molecule has 152 valence electrons. The van der Waals surface area contributed by atoms with E-state index in [-0.39, 0.29) is 5.95 Å². The van der Waals surface area contributed by atoms with Gasteiger partial charge in [-0.05, 0) is 20.4 Å². The van der Waals surface area contributed by atoms with Gasteiger partial charge in [-0.1, -0.05) is 42.4 Å². The van der Waals surface area contributed by atoms with E-state index in [1.54, 1.807) is 0 Å². The maximum Gasteiger partial charge on any atom is 0.225 e. The molecule has 29 heavy (non-hydrogen) atoms. The van der Waals surface area contributed by atoms with Crippen LogP contribution in [0, 0.1) is 6.92 Å². The normalized spacial score (nSPS) is 18.1. The Hall–Kier alpha value is -3.13. The van der Waals surface area contributed by atoms with Crippen molar-refractivity contribution in [2.24, 2.45) is 0 Å². The van der Waals surface area contributed by atoms with Crippen molar-refractivity contribution in [2.75, 3.05) is 24.6 Å².